The van der Waals surface area contributed by atoms with Crippen LogP contribution >= 0.6 is 0 Å². The maximum Gasteiger partial charge on any atom is 0.410 e. The lowest BCUT2D eigenvalue weighted by atomic mass is 9.95. The number of ether oxygens (including phenoxy) is 1. The van der Waals surface area contributed by atoms with E-state index < -0.39 is 27.8 Å². The van der Waals surface area contributed by atoms with Crippen molar-refractivity contribution in [1.29, 1.82) is 0 Å². The van der Waals surface area contributed by atoms with Gasteiger partial charge < -0.3 is 9.64 Å². The number of sulfonamides is 1. The maximum atomic E-state index is 13.1. The number of hydrogen-bond donors (Lipinski definition) is 1. The molecule has 1 unspecified atom stereocenters. The summed E-state index contributed by atoms with van der Waals surface area (Å²) < 4.78 is 44.4. The third kappa shape index (κ3) is 5.82. The molecule has 2 rings (SSSR count). The predicted molar refractivity (Wildman–Crippen MR) is 94.0 cm³/mol. The van der Waals surface area contributed by atoms with Gasteiger partial charge in [0.05, 0.1) is 12.3 Å². The molecule has 25 heavy (non-hydrogen) atoms. The number of benzene rings is 1. The Hall–Kier alpha value is -1.93. The molecule has 1 aliphatic heterocycles. The molecule has 1 aliphatic rings. The van der Waals surface area contributed by atoms with Crippen LogP contribution < -0.4 is 4.72 Å². The van der Waals surface area contributed by atoms with Gasteiger partial charge in [-0.15, -0.1) is 0 Å². The zero-order valence-corrected chi connectivity index (χ0v) is 15.6. The topological polar surface area (TPSA) is 75.7 Å². The number of halogens is 1. The summed E-state index contributed by atoms with van der Waals surface area (Å²) in [4.78, 5) is 13.7. The minimum atomic E-state index is -3.50. The van der Waals surface area contributed by atoms with E-state index in [1.165, 1.54) is 17.0 Å². The summed E-state index contributed by atoms with van der Waals surface area (Å²) in [5.74, 6) is -0.372. The van der Waals surface area contributed by atoms with E-state index in [0.29, 0.717) is 11.1 Å². The van der Waals surface area contributed by atoms with E-state index in [2.05, 4.69) is 4.72 Å². The number of hydrogen-bond acceptors (Lipinski definition) is 4. The quantitative estimate of drug-likeness (QED) is 0.886. The van der Waals surface area contributed by atoms with Gasteiger partial charge in [0.25, 0.3) is 0 Å². The van der Waals surface area contributed by atoms with Gasteiger partial charge in [-0.1, -0.05) is 18.2 Å². The largest absolute Gasteiger partial charge is 0.444 e. The van der Waals surface area contributed by atoms with Gasteiger partial charge in [-0.3, -0.25) is 0 Å². The average molecular weight is 370 g/mol. The van der Waals surface area contributed by atoms with Crippen LogP contribution in [0.1, 0.15) is 26.3 Å². The highest BCUT2D eigenvalue weighted by Gasteiger charge is 2.31. The zero-order chi connectivity index (χ0) is 18.8. The van der Waals surface area contributed by atoms with E-state index in [0.717, 1.165) is 6.26 Å². The Morgan fingerprint density at radius 3 is 2.40 bits per heavy atom. The van der Waals surface area contributed by atoms with Crippen LogP contribution in [0, 0.1) is 5.82 Å². The van der Waals surface area contributed by atoms with E-state index in [1.807, 2.05) is 0 Å². The van der Waals surface area contributed by atoms with Gasteiger partial charge in [0.1, 0.15) is 11.4 Å². The number of carbonyl (C=O) groups is 1. The van der Waals surface area contributed by atoms with E-state index in [4.69, 9.17) is 4.74 Å². The molecular weight excluding hydrogens is 347 g/mol. The summed E-state index contributed by atoms with van der Waals surface area (Å²) in [7, 11) is -3.50. The van der Waals surface area contributed by atoms with Crippen molar-refractivity contribution in [2.75, 3.05) is 19.3 Å². The van der Waals surface area contributed by atoms with Crippen LogP contribution in [0.3, 0.4) is 0 Å². The molecular formula is C17H23FN2O4S. The Bertz CT molecular complexity index is 767. The Kier molecular flexibility index (Phi) is 5.53. The fourth-order valence-corrected chi connectivity index (χ4v) is 3.26. The molecule has 0 bridgehead atoms. The van der Waals surface area contributed by atoms with E-state index >= 15 is 0 Å². The van der Waals surface area contributed by atoms with Gasteiger partial charge in [0.15, 0.2) is 0 Å². The molecule has 1 atom stereocenters. The van der Waals surface area contributed by atoms with E-state index in [9.17, 15) is 17.6 Å². The monoisotopic (exact) mass is 370 g/mol. The molecule has 0 fully saturated rings. The Balaban J connectivity index is 2.28. The van der Waals surface area contributed by atoms with Crippen molar-refractivity contribution in [2.24, 2.45) is 0 Å². The van der Waals surface area contributed by atoms with E-state index in [-0.39, 0.29) is 18.9 Å². The first-order valence-corrected chi connectivity index (χ1v) is 9.75. The summed E-state index contributed by atoms with van der Waals surface area (Å²) >= 11 is 0. The zero-order valence-electron chi connectivity index (χ0n) is 14.7. The molecule has 1 aromatic rings. The molecule has 0 aromatic heterocycles. The average Bonchev–Trinajstić information content (AvgIpc) is 2.45. The first kappa shape index (κ1) is 19.4. The maximum absolute atomic E-state index is 13.1. The second-order valence-electron chi connectivity index (χ2n) is 6.99. The summed E-state index contributed by atoms with van der Waals surface area (Å²) in [6.45, 7) is 5.71. The van der Waals surface area contributed by atoms with Gasteiger partial charge in [-0.25, -0.2) is 22.3 Å². The molecule has 138 valence electrons. The summed E-state index contributed by atoms with van der Waals surface area (Å²) in [5, 5.41) is 0. The van der Waals surface area contributed by atoms with Crippen LogP contribution in [-0.2, 0) is 14.8 Å². The van der Waals surface area contributed by atoms with Crippen LogP contribution in [-0.4, -0.2) is 50.4 Å². The second kappa shape index (κ2) is 7.13. The van der Waals surface area contributed by atoms with Crippen molar-refractivity contribution >= 4 is 21.7 Å². The summed E-state index contributed by atoms with van der Waals surface area (Å²) in [5.41, 5.74) is 0.759. The normalized spacial score (nSPS) is 18.7. The van der Waals surface area contributed by atoms with E-state index in [1.54, 1.807) is 39.0 Å². The van der Waals surface area contributed by atoms with Crippen molar-refractivity contribution in [3.8, 4) is 0 Å². The fraction of sp³-hybridized carbons (Fsp3) is 0.471. The molecule has 0 aliphatic carbocycles. The molecule has 0 radical (unpaired) electrons. The highest BCUT2D eigenvalue weighted by atomic mass is 32.2. The van der Waals surface area contributed by atoms with Crippen LogP contribution in [0.5, 0.6) is 0 Å². The van der Waals surface area contributed by atoms with Crippen molar-refractivity contribution in [1.82, 2.24) is 9.62 Å². The van der Waals surface area contributed by atoms with Crippen LogP contribution in [0.4, 0.5) is 9.18 Å². The summed E-state index contributed by atoms with van der Waals surface area (Å²) in [6.07, 6.45) is 2.30. The van der Waals surface area contributed by atoms with Crippen LogP contribution in [0.2, 0.25) is 0 Å². The minimum Gasteiger partial charge on any atom is -0.444 e. The van der Waals surface area contributed by atoms with Gasteiger partial charge in [0.2, 0.25) is 10.0 Å². The number of nitrogens with zero attached hydrogens (tertiary/aromatic N) is 1. The van der Waals surface area contributed by atoms with Crippen molar-refractivity contribution < 1.29 is 22.3 Å². The molecule has 0 saturated carbocycles. The number of carbonyl (C=O) groups excluding carboxylic acids is 1. The lowest BCUT2D eigenvalue weighted by Crippen LogP contribution is -2.50. The second-order valence-corrected chi connectivity index (χ2v) is 8.77. The van der Waals surface area contributed by atoms with Gasteiger partial charge >= 0.3 is 6.09 Å². The molecule has 1 amide bonds. The van der Waals surface area contributed by atoms with Crippen molar-refractivity contribution in [3.05, 3.63) is 41.7 Å². The van der Waals surface area contributed by atoms with Gasteiger partial charge in [-0.05, 0) is 44.0 Å². The SMILES string of the molecule is CC(C)(C)OC(=O)N1CC=C(c2ccc(F)cc2)C(NS(C)(=O)=O)C1. The highest BCUT2D eigenvalue weighted by molar-refractivity contribution is 7.88. The fourth-order valence-electron chi connectivity index (χ4n) is 2.54. The summed E-state index contributed by atoms with van der Waals surface area (Å²) in [6, 6.07) is 5.16. The Labute approximate surface area is 147 Å². The molecule has 1 heterocycles. The molecule has 0 spiro atoms. The first-order chi connectivity index (χ1) is 11.4. The predicted octanol–water partition coefficient (Wildman–Crippen LogP) is 2.38. The highest BCUT2D eigenvalue weighted by Crippen LogP contribution is 2.25. The molecule has 1 aromatic carbocycles. The van der Waals surface area contributed by atoms with Crippen LogP contribution in [0.15, 0.2) is 30.3 Å². The number of amides is 1. The van der Waals surface area contributed by atoms with Gasteiger partial charge in [0, 0.05) is 13.1 Å². The lowest BCUT2D eigenvalue weighted by molar-refractivity contribution is 0.0260. The number of nitrogens with one attached hydrogen (secondary N) is 1. The Morgan fingerprint density at radius 2 is 1.88 bits per heavy atom. The molecule has 0 saturated heterocycles. The third-order valence-electron chi connectivity index (χ3n) is 3.50. The third-order valence-corrected chi connectivity index (χ3v) is 4.21. The molecule has 6 nitrogen and oxygen atoms in total. The standard InChI is InChI=1S/C17H23FN2O4S/c1-17(2,3)24-16(21)20-10-9-14(12-5-7-13(18)8-6-12)15(11-20)19-25(4,22)23/h5-9,15,19H,10-11H2,1-4H3. The van der Waals surface area contributed by atoms with Gasteiger partial charge in [-0.2, -0.15) is 0 Å². The first-order valence-electron chi connectivity index (χ1n) is 7.86. The number of rotatable bonds is 3. The Morgan fingerprint density at radius 1 is 1.28 bits per heavy atom. The molecule has 8 heteroatoms. The minimum absolute atomic E-state index is 0.130. The van der Waals surface area contributed by atoms with Crippen molar-refractivity contribution in [2.45, 2.75) is 32.4 Å². The van der Waals surface area contributed by atoms with Crippen LogP contribution in [0.25, 0.3) is 5.57 Å². The molecule has 1 N–H and O–H groups in total. The lowest BCUT2D eigenvalue weighted by Gasteiger charge is -2.34. The van der Waals surface area contributed by atoms with Crippen molar-refractivity contribution in [3.63, 3.8) is 0 Å². The smallest absolute Gasteiger partial charge is 0.410 e.